The molecule has 4 heterocycles. The number of rotatable bonds is 5. The van der Waals surface area contributed by atoms with Crippen LogP contribution in [0.5, 0.6) is 0 Å². The molecule has 0 atom stereocenters. The first-order valence-corrected chi connectivity index (χ1v) is 16.8. The average Bonchev–Trinajstić information content (AvgIpc) is 3.71. The highest BCUT2D eigenvalue weighted by Crippen LogP contribution is 2.38. The Morgan fingerprint density at radius 3 is 1.70 bits per heavy atom. The normalized spacial score (nSPS) is 11.6. The molecule has 0 unspecified atom stereocenters. The van der Waals surface area contributed by atoms with Gasteiger partial charge in [0.05, 0.1) is 22.2 Å². The highest BCUT2D eigenvalue weighted by atomic mass is 15.1. The topological polar surface area (TPSA) is 48.5 Å². The quantitative estimate of drug-likeness (QED) is 0.188. The molecular formula is C45H29N5. The van der Waals surface area contributed by atoms with E-state index < -0.39 is 0 Å². The van der Waals surface area contributed by atoms with E-state index in [9.17, 15) is 0 Å². The van der Waals surface area contributed by atoms with Crippen molar-refractivity contribution in [1.82, 2.24) is 24.1 Å². The lowest BCUT2D eigenvalue weighted by Gasteiger charge is -2.12. The zero-order valence-electron chi connectivity index (χ0n) is 27.0. The Hall–Kier alpha value is -6.85. The maximum atomic E-state index is 5.18. The van der Waals surface area contributed by atoms with Crippen LogP contribution in [-0.2, 0) is 0 Å². The Balaban J connectivity index is 1.17. The molecule has 5 heteroatoms. The molecule has 0 aliphatic rings. The summed E-state index contributed by atoms with van der Waals surface area (Å²) in [4.78, 5) is 15.3. The van der Waals surface area contributed by atoms with Crippen molar-refractivity contribution in [2.45, 2.75) is 0 Å². The van der Waals surface area contributed by atoms with Gasteiger partial charge in [-0.2, -0.15) is 0 Å². The fourth-order valence-electron chi connectivity index (χ4n) is 7.26. The number of hydrogen-bond donors (Lipinski definition) is 0. The average molecular weight is 640 g/mol. The molecule has 0 bridgehead atoms. The molecule has 0 fully saturated rings. The van der Waals surface area contributed by atoms with Gasteiger partial charge in [-0.25, -0.2) is 15.0 Å². The van der Waals surface area contributed by atoms with Crippen molar-refractivity contribution in [2.24, 2.45) is 0 Å². The summed E-state index contributed by atoms with van der Waals surface area (Å²) < 4.78 is 4.52. The third-order valence-corrected chi connectivity index (χ3v) is 9.58. The van der Waals surface area contributed by atoms with Crippen LogP contribution >= 0.6 is 0 Å². The first kappa shape index (κ1) is 28.2. The van der Waals surface area contributed by atoms with Crippen LogP contribution in [0, 0.1) is 0 Å². The molecule has 4 aromatic heterocycles. The van der Waals surface area contributed by atoms with Crippen molar-refractivity contribution < 1.29 is 0 Å². The van der Waals surface area contributed by atoms with Gasteiger partial charge in [-0.05, 0) is 48.0 Å². The van der Waals surface area contributed by atoms with Gasteiger partial charge >= 0.3 is 0 Å². The molecule has 0 spiro atoms. The van der Waals surface area contributed by atoms with E-state index in [2.05, 4.69) is 137 Å². The zero-order valence-corrected chi connectivity index (χ0v) is 27.0. The lowest BCUT2D eigenvalue weighted by atomic mass is 10.0. The summed E-state index contributed by atoms with van der Waals surface area (Å²) >= 11 is 0. The van der Waals surface area contributed by atoms with Gasteiger partial charge in [0.25, 0.3) is 0 Å². The lowest BCUT2D eigenvalue weighted by Crippen LogP contribution is -2.02. The molecule has 0 N–H and O–H groups in total. The Kier molecular flexibility index (Phi) is 6.42. The van der Waals surface area contributed by atoms with E-state index >= 15 is 0 Å². The van der Waals surface area contributed by atoms with E-state index in [1.165, 1.54) is 10.8 Å². The SMILES string of the molecule is c1ccc(-c2cc(-n3c4ccccc4c4cc(-c5cnc6c(c5)c5ccccc5n6-c5ccccc5)ccc43)nc(-c3ccccc3)n2)cc1. The number of nitrogens with zero attached hydrogens (tertiary/aromatic N) is 5. The van der Waals surface area contributed by atoms with E-state index in [-0.39, 0.29) is 0 Å². The van der Waals surface area contributed by atoms with Crippen LogP contribution in [0.4, 0.5) is 0 Å². The fraction of sp³-hybridized carbons (Fsp3) is 0. The summed E-state index contributed by atoms with van der Waals surface area (Å²) in [5.74, 6) is 1.52. The Labute approximate surface area is 288 Å². The maximum absolute atomic E-state index is 5.18. The van der Waals surface area contributed by atoms with Crippen molar-refractivity contribution in [3.63, 3.8) is 0 Å². The highest BCUT2D eigenvalue weighted by molar-refractivity contribution is 6.12. The molecule has 0 amide bonds. The van der Waals surface area contributed by atoms with E-state index in [4.69, 9.17) is 15.0 Å². The van der Waals surface area contributed by atoms with Gasteiger partial charge in [-0.3, -0.25) is 9.13 Å². The van der Waals surface area contributed by atoms with Crippen LogP contribution < -0.4 is 0 Å². The van der Waals surface area contributed by atoms with Gasteiger partial charge in [0.15, 0.2) is 5.82 Å². The summed E-state index contributed by atoms with van der Waals surface area (Å²) in [6.45, 7) is 0. The van der Waals surface area contributed by atoms with Gasteiger partial charge in [0.2, 0.25) is 0 Å². The van der Waals surface area contributed by atoms with Gasteiger partial charge in [-0.15, -0.1) is 0 Å². The molecule has 50 heavy (non-hydrogen) atoms. The monoisotopic (exact) mass is 639 g/mol. The van der Waals surface area contributed by atoms with Crippen LogP contribution in [0.3, 0.4) is 0 Å². The molecule has 5 nitrogen and oxygen atoms in total. The summed E-state index contributed by atoms with van der Waals surface area (Å²) in [5.41, 5.74) is 10.5. The molecule has 0 aliphatic heterocycles. The van der Waals surface area contributed by atoms with Gasteiger partial charge in [-0.1, -0.05) is 121 Å². The van der Waals surface area contributed by atoms with Gasteiger partial charge < -0.3 is 0 Å². The van der Waals surface area contributed by atoms with E-state index in [0.717, 1.165) is 72.4 Å². The molecule has 0 saturated heterocycles. The number of benzene rings is 6. The van der Waals surface area contributed by atoms with Crippen molar-refractivity contribution in [1.29, 1.82) is 0 Å². The molecule has 0 radical (unpaired) electrons. The van der Waals surface area contributed by atoms with Crippen molar-refractivity contribution >= 4 is 43.7 Å². The molecule has 0 aliphatic carbocycles. The van der Waals surface area contributed by atoms with Crippen molar-refractivity contribution in [3.8, 4) is 45.3 Å². The lowest BCUT2D eigenvalue weighted by molar-refractivity contribution is 1.05. The molecule has 6 aromatic carbocycles. The second kappa shape index (κ2) is 11.4. The Morgan fingerprint density at radius 2 is 0.960 bits per heavy atom. The van der Waals surface area contributed by atoms with Crippen LogP contribution in [0.1, 0.15) is 0 Å². The third kappa shape index (κ3) is 4.52. The molecule has 234 valence electrons. The van der Waals surface area contributed by atoms with Crippen LogP contribution in [0.2, 0.25) is 0 Å². The Bertz CT molecular complexity index is 2800. The number of hydrogen-bond acceptors (Lipinski definition) is 3. The first-order chi connectivity index (χ1) is 24.8. The summed E-state index contributed by atoms with van der Waals surface area (Å²) in [7, 11) is 0. The minimum atomic E-state index is 0.693. The summed E-state index contributed by atoms with van der Waals surface area (Å²) in [5, 5.41) is 4.64. The highest BCUT2D eigenvalue weighted by Gasteiger charge is 2.18. The second-order valence-electron chi connectivity index (χ2n) is 12.5. The fourth-order valence-corrected chi connectivity index (χ4v) is 7.26. The van der Waals surface area contributed by atoms with Crippen LogP contribution in [0.25, 0.3) is 89.0 Å². The number of para-hydroxylation sites is 3. The van der Waals surface area contributed by atoms with Gasteiger partial charge in [0.1, 0.15) is 11.5 Å². The maximum Gasteiger partial charge on any atom is 0.162 e. The number of pyridine rings is 1. The van der Waals surface area contributed by atoms with Crippen molar-refractivity contribution in [3.05, 3.63) is 176 Å². The second-order valence-corrected chi connectivity index (χ2v) is 12.5. The van der Waals surface area contributed by atoms with E-state index in [0.29, 0.717) is 5.82 Å². The van der Waals surface area contributed by atoms with E-state index in [1.807, 2.05) is 48.7 Å². The predicted molar refractivity (Wildman–Crippen MR) is 205 cm³/mol. The molecular weight excluding hydrogens is 611 g/mol. The summed E-state index contributed by atoms with van der Waals surface area (Å²) in [6, 6.07) is 59.2. The zero-order chi connectivity index (χ0) is 33.0. The largest absolute Gasteiger partial charge is 0.294 e. The van der Waals surface area contributed by atoms with Crippen LogP contribution in [-0.4, -0.2) is 24.1 Å². The summed E-state index contributed by atoms with van der Waals surface area (Å²) in [6.07, 6.45) is 2.00. The van der Waals surface area contributed by atoms with Crippen molar-refractivity contribution in [2.75, 3.05) is 0 Å². The minimum absolute atomic E-state index is 0.693. The first-order valence-electron chi connectivity index (χ1n) is 16.8. The Morgan fingerprint density at radius 1 is 0.380 bits per heavy atom. The van der Waals surface area contributed by atoms with E-state index in [1.54, 1.807) is 0 Å². The van der Waals surface area contributed by atoms with Crippen LogP contribution in [0.15, 0.2) is 176 Å². The van der Waals surface area contributed by atoms with Gasteiger partial charge in [0, 0.05) is 56.2 Å². The molecule has 0 saturated carbocycles. The predicted octanol–water partition coefficient (Wildman–Crippen LogP) is 11.1. The minimum Gasteiger partial charge on any atom is -0.294 e. The standard InChI is InChI=1S/C45H29N5/c1-4-14-30(15-5-1)39-28-43(48-44(47-39)31-16-6-2-7-17-31)50-41-23-13-10-20-35(41)37-26-32(24-25-42(37)50)33-27-38-36-21-11-12-22-40(36)49(45(38)46-29-33)34-18-8-3-9-19-34/h1-29H. The third-order valence-electron chi connectivity index (χ3n) is 9.58. The molecule has 10 rings (SSSR count). The number of fused-ring (bicyclic) bond motifs is 6. The smallest absolute Gasteiger partial charge is 0.162 e. The number of aromatic nitrogens is 5. The molecule has 10 aromatic rings.